The van der Waals surface area contributed by atoms with Crippen molar-refractivity contribution in [3.8, 4) is 0 Å². The SMILES string of the molecule is CN(Cc1ccc(F)cc1F)C(=O)NNC(=O)c1cnccn1. The number of nitrogens with zero attached hydrogens (tertiary/aromatic N) is 3. The highest BCUT2D eigenvalue weighted by Gasteiger charge is 2.14. The maximum Gasteiger partial charge on any atom is 0.336 e. The lowest BCUT2D eigenvalue weighted by Gasteiger charge is -2.18. The summed E-state index contributed by atoms with van der Waals surface area (Å²) in [5.41, 5.74) is 4.48. The van der Waals surface area contributed by atoms with Gasteiger partial charge in [-0.15, -0.1) is 0 Å². The molecule has 0 unspecified atom stereocenters. The minimum Gasteiger partial charge on any atom is -0.322 e. The zero-order chi connectivity index (χ0) is 16.8. The Hall–Kier alpha value is -3.10. The molecule has 0 saturated heterocycles. The molecule has 0 radical (unpaired) electrons. The van der Waals surface area contributed by atoms with E-state index in [-0.39, 0.29) is 17.8 Å². The second-order valence-corrected chi connectivity index (χ2v) is 4.57. The van der Waals surface area contributed by atoms with Gasteiger partial charge < -0.3 is 4.90 Å². The summed E-state index contributed by atoms with van der Waals surface area (Å²) >= 11 is 0. The molecule has 2 N–H and O–H groups in total. The first-order chi connectivity index (χ1) is 11.0. The normalized spacial score (nSPS) is 10.0. The van der Waals surface area contributed by atoms with Crippen LogP contribution in [-0.2, 0) is 6.54 Å². The van der Waals surface area contributed by atoms with E-state index in [2.05, 4.69) is 20.8 Å². The molecule has 2 rings (SSSR count). The second-order valence-electron chi connectivity index (χ2n) is 4.57. The number of rotatable bonds is 3. The lowest BCUT2D eigenvalue weighted by atomic mass is 10.2. The van der Waals surface area contributed by atoms with Gasteiger partial charge in [-0.3, -0.25) is 15.2 Å². The van der Waals surface area contributed by atoms with Crippen LogP contribution in [0.2, 0.25) is 0 Å². The smallest absolute Gasteiger partial charge is 0.322 e. The molecule has 1 aromatic heterocycles. The topological polar surface area (TPSA) is 87.2 Å². The van der Waals surface area contributed by atoms with Crippen molar-refractivity contribution in [3.63, 3.8) is 0 Å². The molecule has 0 spiro atoms. The molecule has 120 valence electrons. The van der Waals surface area contributed by atoms with E-state index in [1.807, 2.05) is 0 Å². The molecular weight excluding hydrogens is 308 g/mol. The highest BCUT2D eigenvalue weighted by atomic mass is 19.1. The van der Waals surface area contributed by atoms with E-state index in [4.69, 9.17) is 0 Å². The van der Waals surface area contributed by atoms with E-state index >= 15 is 0 Å². The fraction of sp³-hybridized carbons (Fsp3) is 0.143. The fourth-order valence-electron chi connectivity index (χ4n) is 1.66. The van der Waals surface area contributed by atoms with Crippen LogP contribution in [0.25, 0.3) is 0 Å². The Morgan fingerprint density at radius 1 is 1.22 bits per heavy atom. The lowest BCUT2D eigenvalue weighted by Crippen LogP contribution is -2.47. The Morgan fingerprint density at radius 3 is 2.65 bits per heavy atom. The first-order valence-electron chi connectivity index (χ1n) is 6.49. The molecule has 0 bridgehead atoms. The van der Waals surface area contributed by atoms with Crippen molar-refractivity contribution < 1.29 is 18.4 Å². The van der Waals surface area contributed by atoms with E-state index in [1.54, 1.807) is 0 Å². The highest BCUT2D eigenvalue weighted by Crippen LogP contribution is 2.11. The zero-order valence-electron chi connectivity index (χ0n) is 12.1. The lowest BCUT2D eigenvalue weighted by molar-refractivity contribution is 0.0925. The maximum atomic E-state index is 13.5. The molecule has 0 aliphatic carbocycles. The van der Waals surface area contributed by atoms with Crippen LogP contribution in [0, 0.1) is 11.6 Å². The number of halogens is 2. The summed E-state index contributed by atoms with van der Waals surface area (Å²) < 4.78 is 26.3. The maximum absolute atomic E-state index is 13.5. The number of hydrogen-bond donors (Lipinski definition) is 2. The average molecular weight is 321 g/mol. The van der Waals surface area contributed by atoms with Crippen molar-refractivity contribution >= 4 is 11.9 Å². The number of carbonyl (C=O) groups is 2. The molecule has 1 aromatic carbocycles. The molecule has 9 heteroatoms. The number of hydrogen-bond acceptors (Lipinski definition) is 4. The molecule has 0 fully saturated rings. The van der Waals surface area contributed by atoms with Crippen LogP contribution in [0.5, 0.6) is 0 Å². The third-order valence-corrected chi connectivity index (χ3v) is 2.85. The van der Waals surface area contributed by atoms with Gasteiger partial charge in [0.1, 0.15) is 17.3 Å². The fourth-order valence-corrected chi connectivity index (χ4v) is 1.66. The number of hydrazine groups is 1. The van der Waals surface area contributed by atoms with Gasteiger partial charge in [0, 0.05) is 31.1 Å². The van der Waals surface area contributed by atoms with Crippen LogP contribution < -0.4 is 10.9 Å². The van der Waals surface area contributed by atoms with Crippen LogP contribution in [-0.4, -0.2) is 33.9 Å². The van der Waals surface area contributed by atoms with Gasteiger partial charge in [0.15, 0.2) is 0 Å². The summed E-state index contributed by atoms with van der Waals surface area (Å²) in [4.78, 5) is 32.1. The van der Waals surface area contributed by atoms with Crippen molar-refractivity contribution in [2.75, 3.05) is 7.05 Å². The van der Waals surface area contributed by atoms with E-state index in [0.717, 1.165) is 17.0 Å². The first kappa shape index (κ1) is 16.3. The van der Waals surface area contributed by atoms with E-state index in [0.29, 0.717) is 0 Å². The average Bonchev–Trinajstić information content (AvgIpc) is 2.55. The Labute approximate surface area is 130 Å². The number of benzene rings is 1. The molecule has 0 aliphatic rings. The number of urea groups is 1. The van der Waals surface area contributed by atoms with E-state index in [9.17, 15) is 18.4 Å². The van der Waals surface area contributed by atoms with Crippen LogP contribution in [0.1, 0.15) is 16.1 Å². The largest absolute Gasteiger partial charge is 0.336 e. The van der Waals surface area contributed by atoms with Gasteiger partial charge in [0.25, 0.3) is 5.91 Å². The highest BCUT2D eigenvalue weighted by molar-refractivity contribution is 5.93. The molecule has 1 heterocycles. The molecule has 3 amide bonds. The molecule has 23 heavy (non-hydrogen) atoms. The van der Waals surface area contributed by atoms with E-state index < -0.39 is 23.6 Å². The summed E-state index contributed by atoms with van der Waals surface area (Å²) in [5.74, 6) is -2.10. The van der Waals surface area contributed by atoms with E-state index in [1.165, 1.54) is 31.7 Å². The Balaban J connectivity index is 1.89. The molecule has 7 nitrogen and oxygen atoms in total. The summed E-state index contributed by atoms with van der Waals surface area (Å²) in [6.07, 6.45) is 3.97. The second kappa shape index (κ2) is 7.25. The summed E-state index contributed by atoms with van der Waals surface area (Å²) in [7, 11) is 1.40. The first-order valence-corrected chi connectivity index (χ1v) is 6.49. The van der Waals surface area contributed by atoms with Gasteiger partial charge in [-0.25, -0.2) is 24.0 Å². The minimum absolute atomic E-state index is 0.0278. The minimum atomic E-state index is -0.756. The molecule has 0 atom stereocenters. The van der Waals surface area contributed by atoms with Crippen LogP contribution in [0.4, 0.5) is 13.6 Å². The molecule has 0 aliphatic heterocycles. The quantitative estimate of drug-likeness (QED) is 0.833. The summed E-state index contributed by atoms with van der Waals surface area (Å²) in [5, 5.41) is 0. The number of amides is 3. The number of aromatic nitrogens is 2. The third-order valence-electron chi connectivity index (χ3n) is 2.85. The van der Waals surface area contributed by atoms with Gasteiger partial charge in [0.2, 0.25) is 0 Å². The zero-order valence-corrected chi connectivity index (χ0v) is 12.1. The van der Waals surface area contributed by atoms with Gasteiger partial charge >= 0.3 is 6.03 Å². The number of carbonyl (C=O) groups excluding carboxylic acids is 2. The number of nitrogens with one attached hydrogen (secondary N) is 2. The molecular formula is C14H13F2N5O2. The van der Waals surface area contributed by atoms with Gasteiger partial charge in [-0.1, -0.05) is 6.07 Å². The van der Waals surface area contributed by atoms with Crippen LogP contribution >= 0.6 is 0 Å². The third kappa shape index (κ3) is 4.43. The van der Waals surface area contributed by atoms with Crippen molar-refractivity contribution in [1.82, 2.24) is 25.7 Å². The van der Waals surface area contributed by atoms with Crippen molar-refractivity contribution in [2.24, 2.45) is 0 Å². The van der Waals surface area contributed by atoms with Crippen LogP contribution in [0.15, 0.2) is 36.8 Å². The predicted octanol–water partition coefficient (Wildman–Crippen LogP) is 1.24. The monoisotopic (exact) mass is 321 g/mol. The van der Waals surface area contributed by atoms with Crippen LogP contribution in [0.3, 0.4) is 0 Å². The van der Waals surface area contributed by atoms with Crippen molar-refractivity contribution in [1.29, 1.82) is 0 Å². The summed E-state index contributed by atoms with van der Waals surface area (Å²) in [6, 6.07) is 2.40. The Bertz CT molecular complexity index is 712. The Morgan fingerprint density at radius 2 is 2.00 bits per heavy atom. The summed E-state index contributed by atoms with van der Waals surface area (Å²) in [6.45, 7) is -0.0983. The Kier molecular flexibility index (Phi) is 5.13. The molecule has 2 aromatic rings. The standard InChI is InChI=1S/C14H13F2N5O2/c1-21(8-9-2-3-10(15)6-11(9)16)14(23)20-19-13(22)12-7-17-4-5-18-12/h2-7H,8H2,1H3,(H,19,22)(H,20,23). The predicted molar refractivity (Wildman–Crippen MR) is 75.9 cm³/mol. The van der Waals surface area contributed by atoms with Gasteiger partial charge in [0.05, 0.1) is 12.7 Å². The van der Waals surface area contributed by atoms with Crippen molar-refractivity contribution in [2.45, 2.75) is 6.54 Å². The van der Waals surface area contributed by atoms with Gasteiger partial charge in [-0.05, 0) is 6.07 Å². The van der Waals surface area contributed by atoms with Gasteiger partial charge in [-0.2, -0.15) is 0 Å². The van der Waals surface area contributed by atoms with Crippen molar-refractivity contribution in [3.05, 3.63) is 59.7 Å². The molecule has 0 saturated carbocycles.